The molecule has 0 nitrogen and oxygen atoms in total. The van der Waals surface area contributed by atoms with Gasteiger partial charge in [-0.2, -0.15) is 0 Å². The zero-order valence-corrected chi connectivity index (χ0v) is 17.1. The van der Waals surface area contributed by atoms with Gasteiger partial charge in [-0.05, 0) is 0 Å². The van der Waals surface area contributed by atoms with E-state index in [1.807, 2.05) is 0 Å². The number of hydrogen-bond acceptors (Lipinski definition) is 0. The van der Waals surface area contributed by atoms with Crippen molar-refractivity contribution in [3.05, 3.63) is 0 Å². The fraction of sp³-hybridized carbons (Fsp3) is 0.714. The molecular weight excluding hydrogens is 297 g/mol. The van der Waals surface area contributed by atoms with Crippen LogP contribution in [0.4, 0.5) is 0 Å². The zero-order valence-electron chi connectivity index (χ0n) is 13.0. The molecule has 0 aliphatic heterocycles. The van der Waals surface area contributed by atoms with Crippen molar-refractivity contribution in [1.29, 1.82) is 0 Å². The van der Waals surface area contributed by atoms with Crippen LogP contribution in [0.3, 0.4) is 0 Å². The molecular formula is C14H27GeSi2. The van der Waals surface area contributed by atoms with E-state index in [0.29, 0.717) is 4.25 Å². The van der Waals surface area contributed by atoms with E-state index in [1.54, 1.807) is 0 Å². The summed E-state index contributed by atoms with van der Waals surface area (Å²) in [5.74, 6) is 0. The van der Waals surface area contributed by atoms with Crippen molar-refractivity contribution in [2.45, 2.75) is 64.3 Å². The molecule has 1 radical (unpaired) electrons. The molecule has 0 aromatic rings. The van der Waals surface area contributed by atoms with Gasteiger partial charge in [0, 0.05) is 0 Å². The van der Waals surface area contributed by atoms with Gasteiger partial charge in [-0.15, -0.1) is 0 Å². The summed E-state index contributed by atoms with van der Waals surface area (Å²) < 4.78 is 7.52. The SMILES string of the molecule is C[C](C)(C)[Ge]([C]#C[Si](C)(C)C)[C]#C[Si](C)(C)C. The molecule has 0 rings (SSSR count). The average molecular weight is 324 g/mol. The van der Waals surface area contributed by atoms with Gasteiger partial charge in [0.15, 0.2) is 0 Å². The fourth-order valence-corrected chi connectivity index (χ4v) is 9.91. The third-order valence-electron chi connectivity index (χ3n) is 1.88. The summed E-state index contributed by atoms with van der Waals surface area (Å²) in [4.78, 5) is 0. The molecule has 17 heavy (non-hydrogen) atoms. The Hall–Kier alpha value is 0.0966. The van der Waals surface area contributed by atoms with E-state index in [0.717, 1.165) is 0 Å². The molecule has 0 unspecified atom stereocenters. The molecule has 95 valence electrons. The molecule has 0 fully saturated rings. The molecule has 0 N–H and O–H groups in total. The number of rotatable bonds is 0. The van der Waals surface area contributed by atoms with Crippen LogP contribution in [0.25, 0.3) is 0 Å². The van der Waals surface area contributed by atoms with Crippen molar-refractivity contribution in [3.63, 3.8) is 0 Å². The first kappa shape index (κ1) is 17.1. The van der Waals surface area contributed by atoms with Gasteiger partial charge in [0.1, 0.15) is 0 Å². The standard InChI is InChI=1S/C14H27GeSi2/c1-14(2,3)15(10-12-16(4,5)6)11-13-17(7,8)9/h1-9H3. The second-order valence-electron chi connectivity index (χ2n) is 7.62. The van der Waals surface area contributed by atoms with Gasteiger partial charge in [0.2, 0.25) is 0 Å². The first-order valence-electron chi connectivity index (χ1n) is 6.25. The molecule has 3 heteroatoms. The van der Waals surface area contributed by atoms with E-state index in [4.69, 9.17) is 0 Å². The maximum atomic E-state index is 3.60. The van der Waals surface area contributed by atoms with Crippen molar-refractivity contribution >= 4 is 30.5 Å². The molecule has 0 saturated heterocycles. The molecule has 0 aromatic carbocycles. The van der Waals surface area contributed by atoms with E-state index in [2.05, 4.69) is 80.6 Å². The van der Waals surface area contributed by atoms with Crippen LogP contribution in [-0.2, 0) is 0 Å². The van der Waals surface area contributed by atoms with Crippen LogP contribution >= 0.6 is 0 Å². The topological polar surface area (TPSA) is 0 Å². The first-order valence-corrected chi connectivity index (χ1v) is 16.4. The third-order valence-corrected chi connectivity index (χ3v) is 9.39. The van der Waals surface area contributed by atoms with Crippen LogP contribution in [-0.4, -0.2) is 30.5 Å². The van der Waals surface area contributed by atoms with Crippen molar-refractivity contribution < 1.29 is 0 Å². The van der Waals surface area contributed by atoms with E-state index >= 15 is 0 Å². The Balaban J connectivity index is 5.17. The molecule has 0 bridgehead atoms. The summed E-state index contributed by atoms with van der Waals surface area (Å²) in [6.45, 7) is 20.8. The van der Waals surface area contributed by atoms with E-state index in [9.17, 15) is 0 Å². The predicted molar refractivity (Wildman–Crippen MR) is 87.7 cm³/mol. The minimum atomic E-state index is -1.57. The first-order chi connectivity index (χ1) is 7.31. The molecule has 0 atom stereocenters. The summed E-state index contributed by atoms with van der Waals surface area (Å²) >= 11 is -1.57. The van der Waals surface area contributed by atoms with Crippen molar-refractivity contribution in [2.24, 2.45) is 0 Å². The van der Waals surface area contributed by atoms with Gasteiger partial charge in [-0.25, -0.2) is 0 Å². The van der Waals surface area contributed by atoms with E-state index in [-0.39, 0.29) is 0 Å². The summed E-state index contributed by atoms with van der Waals surface area (Å²) in [5, 5.41) is 0. The Labute approximate surface area is 115 Å². The second kappa shape index (κ2) is 5.82. The summed E-state index contributed by atoms with van der Waals surface area (Å²) in [5.41, 5.74) is 7.08. The summed E-state index contributed by atoms with van der Waals surface area (Å²) in [6.07, 6.45) is 0. The average Bonchev–Trinajstić information content (AvgIpc) is 1.96. The molecule has 0 amide bonds. The summed E-state index contributed by atoms with van der Waals surface area (Å²) in [7, 11) is -2.50. The molecule has 0 aromatic heterocycles. The van der Waals surface area contributed by atoms with Gasteiger partial charge in [-0.3, -0.25) is 0 Å². The normalized spacial score (nSPS) is 12.6. The Morgan fingerprint density at radius 1 is 0.706 bits per heavy atom. The Morgan fingerprint density at radius 2 is 1.00 bits per heavy atom. The molecule has 0 aliphatic rings. The van der Waals surface area contributed by atoms with Crippen molar-refractivity contribution in [1.82, 2.24) is 0 Å². The molecule has 0 aliphatic carbocycles. The van der Waals surface area contributed by atoms with Crippen molar-refractivity contribution in [2.75, 3.05) is 0 Å². The van der Waals surface area contributed by atoms with Crippen LogP contribution < -0.4 is 0 Å². The minimum absolute atomic E-state index is 0.319. The number of hydrogen-bond donors (Lipinski definition) is 0. The zero-order chi connectivity index (χ0) is 13.9. The monoisotopic (exact) mass is 325 g/mol. The van der Waals surface area contributed by atoms with Crippen LogP contribution in [0, 0.1) is 20.6 Å². The van der Waals surface area contributed by atoms with E-state index in [1.165, 1.54) is 0 Å². The molecule has 0 spiro atoms. The third kappa shape index (κ3) is 9.77. The fourth-order valence-electron chi connectivity index (χ4n) is 0.906. The Kier molecular flexibility index (Phi) is 5.86. The quantitative estimate of drug-likeness (QED) is 0.464. The summed E-state index contributed by atoms with van der Waals surface area (Å²) in [6, 6.07) is 0. The Morgan fingerprint density at radius 3 is 1.18 bits per heavy atom. The molecule has 0 heterocycles. The maximum absolute atomic E-state index is 3.60. The van der Waals surface area contributed by atoms with Gasteiger partial charge >= 0.3 is 115 Å². The van der Waals surface area contributed by atoms with Crippen molar-refractivity contribution in [3.8, 4) is 20.6 Å². The van der Waals surface area contributed by atoms with Gasteiger partial charge in [0.25, 0.3) is 0 Å². The van der Waals surface area contributed by atoms with Gasteiger partial charge in [-0.1, -0.05) is 0 Å². The van der Waals surface area contributed by atoms with Crippen LogP contribution in [0.1, 0.15) is 20.8 Å². The predicted octanol–water partition coefficient (Wildman–Crippen LogP) is 4.12. The second-order valence-corrected chi connectivity index (χ2v) is 22.9. The van der Waals surface area contributed by atoms with Crippen LogP contribution in [0.15, 0.2) is 0 Å². The molecule has 0 saturated carbocycles. The Bertz CT molecular complexity index is 337. The van der Waals surface area contributed by atoms with Crippen LogP contribution in [0.5, 0.6) is 0 Å². The van der Waals surface area contributed by atoms with Gasteiger partial charge < -0.3 is 0 Å². The van der Waals surface area contributed by atoms with Crippen LogP contribution in [0.2, 0.25) is 43.5 Å². The van der Waals surface area contributed by atoms with Gasteiger partial charge in [0.05, 0.1) is 0 Å². The van der Waals surface area contributed by atoms with E-state index < -0.39 is 30.5 Å².